The lowest BCUT2D eigenvalue weighted by Crippen LogP contribution is -2.48. The predicted octanol–water partition coefficient (Wildman–Crippen LogP) is 1.85. The number of piperidine rings is 1. The van der Waals surface area contributed by atoms with Gasteiger partial charge in [-0.15, -0.1) is 0 Å². The van der Waals surface area contributed by atoms with Crippen molar-refractivity contribution in [3.8, 4) is 0 Å². The quantitative estimate of drug-likeness (QED) is 0.746. The molecule has 2 rings (SSSR count). The molecule has 2 N–H and O–H groups in total. The fourth-order valence-electron chi connectivity index (χ4n) is 2.52. The standard InChI is InChI=1S/C12H24N2/c1-10-5-7-14(9-12(10)13)8-6-11-3-2-4-11/h10-12H,2-9,13H2,1H3. The maximum atomic E-state index is 6.08. The molecule has 0 aromatic rings. The molecule has 0 bridgehead atoms. The van der Waals surface area contributed by atoms with Crippen LogP contribution in [0.5, 0.6) is 0 Å². The third-order valence-corrected chi connectivity index (χ3v) is 4.18. The maximum absolute atomic E-state index is 6.08. The van der Waals surface area contributed by atoms with Crippen molar-refractivity contribution in [1.29, 1.82) is 0 Å². The van der Waals surface area contributed by atoms with E-state index in [1.807, 2.05) is 0 Å². The second kappa shape index (κ2) is 4.63. The highest BCUT2D eigenvalue weighted by Gasteiger charge is 2.24. The zero-order valence-corrected chi connectivity index (χ0v) is 9.41. The van der Waals surface area contributed by atoms with E-state index in [9.17, 15) is 0 Å². The van der Waals surface area contributed by atoms with Crippen LogP contribution in [0, 0.1) is 11.8 Å². The summed E-state index contributed by atoms with van der Waals surface area (Å²) in [4.78, 5) is 2.57. The van der Waals surface area contributed by atoms with E-state index in [0.29, 0.717) is 6.04 Å². The molecule has 0 radical (unpaired) electrons. The molecule has 0 aromatic heterocycles. The minimum absolute atomic E-state index is 0.421. The van der Waals surface area contributed by atoms with Crippen LogP contribution in [0.3, 0.4) is 0 Å². The van der Waals surface area contributed by atoms with Crippen LogP contribution < -0.4 is 5.73 Å². The molecule has 2 nitrogen and oxygen atoms in total. The number of hydrogen-bond acceptors (Lipinski definition) is 2. The predicted molar refractivity (Wildman–Crippen MR) is 60.2 cm³/mol. The van der Waals surface area contributed by atoms with Gasteiger partial charge in [-0.3, -0.25) is 0 Å². The fourth-order valence-corrected chi connectivity index (χ4v) is 2.52. The van der Waals surface area contributed by atoms with Crippen LogP contribution in [0.1, 0.15) is 39.0 Å². The number of likely N-dealkylation sites (tertiary alicyclic amines) is 1. The summed E-state index contributed by atoms with van der Waals surface area (Å²) in [5.74, 6) is 1.78. The van der Waals surface area contributed by atoms with Gasteiger partial charge >= 0.3 is 0 Å². The second-order valence-electron chi connectivity index (χ2n) is 5.32. The van der Waals surface area contributed by atoms with Gasteiger partial charge in [-0.1, -0.05) is 26.2 Å². The van der Waals surface area contributed by atoms with Gasteiger partial charge in [0, 0.05) is 12.6 Å². The molecule has 1 aliphatic heterocycles. The normalized spacial score (nSPS) is 35.6. The molecule has 2 atom stereocenters. The van der Waals surface area contributed by atoms with Crippen molar-refractivity contribution in [2.45, 2.75) is 45.1 Å². The van der Waals surface area contributed by atoms with Gasteiger partial charge < -0.3 is 10.6 Å². The van der Waals surface area contributed by atoms with Crippen molar-refractivity contribution in [1.82, 2.24) is 4.90 Å². The summed E-state index contributed by atoms with van der Waals surface area (Å²) in [5, 5.41) is 0. The van der Waals surface area contributed by atoms with Crippen LogP contribution in [0.15, 0.2) is 0 Å². The lowest BCUT2D eigenvalue weighted by Gasteiger charge is -2.36. The Morgan fingerprint density at radius 1 is 1.29 bits per heavy atom. The number of rotatable bonds is 3. The molecule has 1 saturated carbocycles. The zero-order valence-electron chi connectivity index (χ0n) is 9.41. The summed E-state index contributed by atoms with van der Waals surface area (Å²) in [6.45, 7) is 5.99. The van der Waals surface area contributed by atoms with E-state index in [0.717, 1.165) is 18.4 Å². The van der Waals surface area contributed by atoms with Crippen LogP contribution in [-0.4, -0.2) is 30.6 Å². The van der Waals surface area contributed by atoms with Crippen molar-refractivity contribution >= 4 is 0 Å². The summed E-state index contributed by atoms with van der Waals surface area (Å²) in [6, 6.07) is 0.421. The van der Waals surface area contributed by atoms with E-state index in [1.54, 1.807) is 0 Å². The molecular formula is C12H24N2. The average Bonchev–Trinajstić information content (AvgIpc) is 2.08. The summed E-state index contributed by atoms with van der Waals surface area (Å²) in [7, 11) is 0. The van der Waals surface area contributed by atoms with Gasteiger partial charge in [0.2, 0.25) is 0 Å². The highest BCUT2D eigenvalue weighted by molar-refractivity contribution is 4.81. The molecule has 1 heterocycles. The van der Waals surface area contributed by atoms with Gasteiger partial charge in [0.25, 0.3) is 0 Å². The van der Waals surface area contributed by atoms with Crippen molar-refractivity contribution in [2.75, 3.05) is 19.6 Å². The molecule has 82 valence electrons. The molecule has 1 saturated heterocycles. The minimum atomic E-state index is 0.421. The monoisotopic (exact) mass is 196 g/mol. The molecule has 2 unspecified atom stereocenters. The molecule has 2 fully saturated rings. The fraction of sp³-hybridized carbons (Fsp3) is 1.00. The van der Waals surface area contributed by atoms with Gasteiger partial charge in [0.05, 0.1) is 0 Å². The van der Waals surface area contributed by atoms with E-state index in [1.165, 1.54) is 45.2 Å². The van der Waals surface area contributed by atoms with E-state index in [2.05, 4.69) is 11.8 Å². The minimum Gasteiger partial charge on any atom is -0.326 e. The van der Waals surface area contributed by atoms with Crippen LogP contribution in [-0.2, 0) is 0 Å². The average molecular weight is 196 g/mol. The molecule has 0 amide bonds. The highest BCUT2D eigenvalue weighted by atomic mass is 15.1. The molecule has 0 spiro atoms. The molecular weight excluding hydrogens is 172 g/mol. The molecule has 2 aliphatic rings. The Morgan fingerprint density at radius 3 is 2.64 bits per heavy atom. The molecule has 2 heteroatoms. The van der Waals surface area contributed by atoms with Crippen molar-refractivity contribution in [3.05, 3.63) is 0 Å². The van der Waals surface area contributed by atoms with Gasteiger partial charge in [-0.25, -0.2) is 0 Å². The smallest absolute Gasteiger partial charge is 0.0194 e. The van der Waals surface area contributed by atoms with E-state index in [-0.39, 0.29) is 0 Å². The lowest BCUT2D eigenvalue weighted by atomic mass is 9.82. The SMILES string of the molecule is CC1CCN(CCC2CCC2)CC1N. The third kappa shape index (κ3) is 2.48. The number of nitrogens with two attached hydrogens (primary N) is 1. The van der Waals surface area contributed by atoms with E-state index < -0.39 is 0 Å². The van der Waals surface area contributed by atoms with E-state index >= 15 is 0 Å². The Bertz CT molecular complexity index is 177. The number of hydrogen-bond donors (Lipinski definition) is 1. The summed E-state index contributed by atoms with van der Waals surface area (Å²) in [5.41, 5.74) is 6.08. The van der Waals surface area contributed by atoms with Crippen molar-refractivity contribution in [3.63, 3.8) is 0 Å². The van der Waals surface area contributed by atoms with Crippen LogP contribution in [0.25, 0.3) is 0 Å². The van der Waals surface area contributed by atoms with Crippen molar-refractivity contribution < 1.29 is 0 Å². The third-order valence-electron chi connectivity index (χ3n) is 4.18. The lowest BCUT2D eigenvalue weighted by molar-refractivity contribution is 0.148. The Kier molecular flexibility index (Phi) is 3.45. The van der Waals surface area contributed by atoms with Crippen molar-refractivity contribution in [2.24, 2.45) is 17.6 Å². The number of nitrogens with zero attached hydrogens (tertiary/aromatic N) is 1. The van der Waals surface area contributed by atoms with Gasteiger partial charge in [-0.05, 0) is 37.8 Å². The van der Waals surface area contributed by atoms with Gasteiger partial charge in [-0.2, -0.15) is 0 Å². The second-order valence-corrected chi connectivity index (χ2v) is 5.32. The topological polar surface area (TPSA) is 29.3 Å². The summed E-state index contributed by atoms with van der Waals surface area (Å²) in [6.07, 6.45) is 7.15. The highest BCUT2D eigenvalue weighted by Crippen LogP contribution is 2.29. The Hall–Kier alpha value is -0.0800. The summed E-state index contributed by atoms with van der Waals surface area (Å²) >= 11 is 0. The van der Waals surface area contributed by atoms with Crippen LogP contribution in [0.2, 0.25) is 0 Å². The zero-order chi connectivity index (χ0) is 9.97. The van der Waals surface area contributed by atoms with E-state index in [4.69, 9.17) is 5.73 Å². The summed E-state index contributed by atoms with van der Waals surface area (Å²) < 4.78 is 0. The van der Waals surface area contributed by atoms with Gasteiger partial charge in [0.15, 0.2) is 0 Å². The van der Waals surface area contributed by atoms with Crippen LogP contribution >= 0.6 is 0 Å². The first kappa shape index (κ1) is 10.4. The molecule has 0 aromatic carbocycles. The van der Waals surface area contributed by atoms with Crippen LogP contribution in [0.4, 0.5) is 0 Å². The Labute approximate surface area is 87.8 Å². The maximum Gasteiger partial charge on any atom is 0.0194 e. The first-order valence-electron chi connectivity index (χ1n) is 6.23. The first-order chi connectivity index (χ1) is 6.75. The molecule has 14 heavy (non-hydrogen) atoms. The van der Waals surface area contributed by atoms with Gasteiger partial charge in [0.1, 0.15) is 0 Å². The largest absolute Gasteiger partial charge is 0.326 e. The Balaban J connectivity index is 1.65. The Morgan fingerprint density at radius 2 is 2.07 bits per heavy atom. The first-order valence-corrected chi connectivity index (χ1v) is 6.23. The molecule has 1 aliphatic carbocycles.